The molecule has 0 heterocycles. The predicted octanol–water partition coefficient (Wildman–Crippen LogP) is 1.30. The Morgan fingerprint density at radius 2 is 2.15 bits per heavy atom. The van der Waals surface area contributed by atoms with E-state index in [1.54, 1.807) is 6.92 Å². The number of carboxylic acid groups (broad SMARTS) is 1. The molecular weight excluding hydrogens is 172 g/mol. The van der Waals surface area contributed by atoms with Gasteiger partial charge in [0.25, 0.3) is 6.47 Å². The second-order valence-electron chi connectivity index (χ2n) is 3.38. The van der Waals surface area contributed by atoms with Gasteiger partial charge < -0.3 is 9.84 Å². The molecule has 1 atom stereocenters. The molecule has 0 aromatic heterocycles. The van der Waals surface area contributed by atoms with E-state index in [1.165, 1.54) is 0 Å². The average molecular weight is 188 g/mol. The zero-order chi connectivity index (χ0) is 10.5. The van der Waals surface area contributed by atoms with E-state index in [9.17, 15) is 9.59 Å². The van der Waals surface area contributed by atoms with Gasteiger partial charge in [-0.3, -0.25) is 9.59 Å². The zero-order valence-corrected chi connectivity index (χ0v) is 8.24. The third-order valence-electron chi connectivity index (χ3n) is 2.57. The number of aliphatic carboxylic acids is 1. The van der Waals surface area contributed by atoms with Crippen molar-refractivity contribution in [2.24, 2.45) is 11.3 Å². The summed E-state index contributed by atoms with van der Waals surface area (Å²) in [5.74, 6) is -0.971. The summed E-state index contributed by atoms with van der Waals surface area (Å²) in [6.07, 6.45) is 0.452. The summed E-state index contributed by atoms with van der Waals surface area (Å²) < 4.78 is 4.55. The quantitative estimate of drug-likeness (QED) is 0.638. The topological polar surface area (TPSA) is 63.6 Å². The Kier molecular flexibility index (Phi) is 4.45. The molecule has 0 radical (unpaired) electrons. The van der Waals surface area contributed by atoms with Gasteiger partial charge >= 0.3 is 5.97 Å². The smallest absolute Gasteiger partial charge is 0.313 e. The Morgan fingerprint density at radius 1 is 1.62 bits per heavy atom. The molecule has 1 unspecified atom stereocenters. The lowest BCUT2D eigenvalue weighted by molar-refractivity contribution is -0.158. The van der Waals surface area contributed by atoms with Crippen molar-refractivity contribution in [1.82, 2.24) is 0 Å². The van der Waals surface area contributed by atoms with E-state index in [0.717, 1.165) is 0 Å². The second kappa shape index (κ2) is 4.84. The maximum atomic E-state index is 11.0. The molecule has 0 amide bonds. The highest BCUT2D eigenvalue weighted by Gasteiger charge is 2.40. The Hall–Kier alpha value is -1.06. The van der Waals surface area contributed by atoms with Crippen LogP contribution in [-0.2, 0) is 14.3 Å². The summed E-state index contributed by atoms with van der Waals surface area (Å²) in [4.78, 5) is 21.0. The fourth-order valence-electron chi connectivity index (χ4n) is 1.32. The van der Waals surface area contributed by atoms with Gasteiger partial charge in [0.1, 0.15) is 12.0 Å². The molecule has 76 valence electrons. The normalized spacial score (nSPS) is 15.1. The van der Waals surface area contributed by atoms with Gasteiger partial charge in [-0.2, -0.15) is 0 Å². The van der Waals surface area contributed by atoms with E-state index in [4.69, 9.17) is 5.11 Å². The van der Waals surface area contributed by atoms with Gasteiger partial charge in [0.2, 0.25) is 0 Å². The Bertz CT molecular complexity index is 188. The Labute approximate surface area is 77.9 Å². The third kappa shape index (κ3) is 2.44. The van der Waals surface area contributed by atoms with Crippen molar-refractivity contribution in [3.63, 3.8) is 0 Å². The Morgan fingerprint density at radius 3 is 2.38 bits per heavy atom. The average Bonchev–Trinajstić information content (AvgIpc) is 2.05. The van der Waals surface area contributed by atoms with E-state index >= 15 is 0 Å². The van der Waals surface area contributed by atoms with Crippen LogP contribution in [0.3, 0.4) is 0 Å². The van der Waals surface area contributed by atoms with Crippen LogP contribution in [0.25, 0.3) is 0 Å². The number of ether oxygens (including phenoxy) is 1. The van der Waals surface area contributed by atoms with Crippen LogP contribution < -0.4 is 0 Å². The number of carbonyl (C=O) groups is 2. The largest absolute Gasteiger partial charge is 0.481 e. The first-order valence-electron chi connectivity index (χ1n) is 4.30. The van der Waals surface area contributed by atoms with Gasteiger partial charge in [-0.1, -0.05) is 20.8 Å². The molecule has 1 N–H and O–H groups in total. The lowest BCUT2D eigenvalue weighted by atomic mass is 9.76. The highest BCUT2D eigenvalue weighted by molar-refractivity contribution is 5.75. The maximum absolute atomic E-state index is 11.0. The molecule has 0 aromatic carbocycles. The van der Waals surface area contributed by atoms with Crippen LogP contribution >= 0.6 is 0 Å². The van der Waals surface area contributed by atoms with Crippen LogP contribution in [0.2, 0.25) is 0 Å². The summed E-state index contributed by atoms with van der Waals surface area (Å²) >= 11 is 0. The molecule has 0 saturated carbocycles. The second-order valence-corrected chi connectivity index (χ2v) is 3.38. The van der Waals surface area contributed by atoms with Crippen LogP contribution in [0.15, 0.2) is 0 Å². The lowest BCUT2D eigenvalue weighted by Gasteiger charge is -2.30. The summed E-state index contributed by atoms with van der Waals surface area (Å²) in [6.45, 7) is 5.63. The standard InChI is InChI=1S/C9H16O4/c1-4-9(7(2)3,8(11)12)5-13-6-10/h6-7H,4-5H2,1-3H3,(H,11,12). The maximum Gasteiger partial charge on any atom is 0.313 e. The molecule has 0 bridgehead atoms. The highest BCUT2D eigenvalue weighted by atomic mass is 16.5. The van der Waals surface area contributed by atoms with E-state index in [1.807, 2.05) is 13.8 Å². The number of carbonyl (C=O) groups excluding carboxylic acids is 1. The van der Waals surface area contributed by atoms with Crippen molar-refractivity contribution >= 4 is 12.4 Å². The van der Waals surface area contributed by atoms with Gasteiger partial charge in [0.05, 0.1) is 0 Å². The minimum Gasteiger partial charge on any atom is -0.481 e. The van der Waals surface area contributed by atoms with Gasteiger partial charge in [0.15, 0.2) is 0 Å². The molecule has 0 aliphatic heterocycles. The predicted molar refractivity (Wildman–Crippen MR) is 47.2 cm³/mol. The van der Waals surface area contributed by atoms with Crippen molar-refractivity contribution < 1.29 is 19.4 Å². The SMILES string of the molecule is CCC(COC=O)(C(=O)O)C(C)C. The van der Waals surface area contributed by atoms with E-state index < -0.39 is 11.4 Å². The van der Waals surface area contributed by atoms with E-state index in [-0.39, 0.29) is 19.0 Å². The van der Waals surface area contributed by atoms with Gasteiger partial charge in [-0.15, -0.1) is 0 Å². The Balaban J connectivity index is 4.64. The van der Waals surface area contributed by atoms with Crippen molar-refractivity contribution in [3.05, 3.63) is 0 Å². The van der Waals surface area contributed by atoms with E-state index in [2.05, 4.69) is 4.74 Å². The molecule has 13 heavy (non-hydrogen) atoms. The molecule has 4 nitrogen and oxygen atoms in total. The van der Waals surface area contributed by atoms with Crippen molar-refractivity contribution in [2.45, 2.75) is 27.2 Å². The summed E-state index contributed by atoms with van der Waals surface area (Å²) in [5, 5.41) is 9.02. The van der Waals surface area contributed by atoms with Crippen LogP contribution in [0.4, 0.5) is 0 Å². The van der Waals surface area contributed by atoms with E-state index in [0.29, 0.717) is 6.42 Å². The van der Waals surface area contributed by atoms with Crippen molar-refractivity contribution in [2.75, 3.05) is 6.61 Å². The molecule has 4 heteroatoms. The monoisotopic (exact) mass is 188 g/mol. The minimum atomic E-state index is -0.944. The summed E-state index contributed by atoms with van der Waals surface area (Å²) in [5.41, 5.74) is -0.944. The molecule has 0 rings (SSSR count). The van der Waals surface area contributed by atoms with Gasteiger partial charge in [0, 0.05) is 0 Å². The highest BCUT2D eigenvalue weighted by Crippen LogP contribution is 2.31. The van der Waals surface area contributed by atoms with Gasteiger partial charge in [-0.25, -0.2) is 0 Å². The first-order valence-corrected chi connectivity index (χ1v) is 4.30. The molecule has 0 aliphatic rings. The van der Waals surface area contributed by atoms with Gasteiger partial charge in [-0.05, 0) is 12.3 Å². The fourth-order valence-corrected chi connectivity index (χ4v) is 1.32. The number of hydrogen-bond acceptors (Lipinski definition) is 3. The number of rotatable bonds is 6. The molecule has 0 fully saturated rings. The first kappa shape index (κ1) is 11.9. The van der Waals surface area contributed by atoms with Crippen molar-refractivity contribution in [3.8, 4) is 0 Å². The van der Waals surface area contributed by atoms with Crippen LogP contribution in [-0.4, -0.2) is 24.2 Å². The number of carboxylic acids is 1. The van der Waals surface area contributed by atoms with Crippen LogP contribution in [0, 0.1) is 11.3 Å². The number of hydrogen-bond donors (Lipinski definition) is 1. The summed E-state index contributed by atoms with van der Waals surface area (Å²) in [7, 11) is 0. The molecule has 0 saturated heterocycles. The fraction of sp³-hybridized carbons (Fsp3) is 0.778. The third-order valence-corrected chi connectivity index (χ3v) is 2.57. The summed E-state index contributed by atoms with van der Waals surface area (Å²) in [6, 6.07) is 0. The lowest BCUT2D eigenvalue weighted by Crippen LogP contribution is -2.40. The van der Waals surface area contributed by atoms with Crippen molar-refractivity contribution in [1.29, 1.82) is 0 Å². The zero-order valence-electron chi connectivity index (χ0n) is 8.24. The van der Waals surface area contributed by atoms with Crippen LogP contribution in [0.5, 0.6) is 0 Å². The molecular formula is C9H16O4. The first-order chi connectivity index (χ1) is 6.01. The molecule has 0 spiro atoms. The molecule has 0 aliphatic carbocycles. The van der Waals surface area contributed by atoms with Crippen LogP contribution in [0.1, 0.15) is 27.2 Å². The molecule has 0 aromatic rings. The minimum absolute atomic E-state index is 0.0556.